The Morgan fingerprint density at radius 2 is 2.44 bits per heavy atom. The molecule has 1 aromatic heterocycles. The molecule has 1 aliphatic heterocycles. The second-order valence-electron chi connectivity index (χ2n) is 4.43. The van der Waals surface area contributed by atoms with E-state index in [1.165, 1.54) is 6.20 Å². The quantitative estimate of drug-likeness (QED) is 0.769. The van der Waals surface area contributed by atoms with Crippen LogP contribution in [0.25, 0.3) is 0 Å². The van der Waals surface area contributed by atoms with E-state index in [0.717, 1.165) is 12.8 Å². The van der Waals surface area contributed by atoms with E-state index >= 15 is 0 Å². The minimum Gasteiger partial charge on any atom is -0.383 e. The molecular formula is C12H17ClN2O3. The summed E-state index contributed by atoms with van der Waals surface area (Å²) in [5.41, 5.74) is 0.424. The van der Waals surface area contributed by atoms with Crippen LogP contribution < -0.4 is 0 Å². The van der Waals surface area contributed by atoms with E-state index in [2.05, 4.69) is 5.10 Å². The predicted octanol–water partition coefficient (Wildman–Crippen LogP) is 1.93. The molecule has 0 saturated carbocycles. The van der Waals surface area contributed by atoms with Gasteiger partial charge in [0.2, 0.25) is 5.78 Å². The largest absolute Gasteiger partial charge is 0.383 e. The molecule has 1 aromatic rings. The van der Waals surface area contributed by atoms with E-state index in [1.54, 1.807) is 11.8 Å². The predicted molar refractivity (Wildman–Crippen MR) is 67.0 cm³/mol. The molecule has 0 bridgehead atoms. The SMILES string of the molecule is COCCn1ncc(Cl)c1C(=O)C1CCC(C)O1. The summed E-state index contributed by atoms with van der Waals surface area (Å²) in [6.45, 7) is 2.96. The highest BCUT2D eigenvalue weighted by Crippen LogP contribution is 2.25. The number of rotatable bonds is 5. The lowest BCUT2D eigenvalue weighted by atomic mass is 10.1. The lowest BCUT2D eigenvalue weighted by molar-refractivity contribution is 0.0423. The monoisotopic (exact) mass is 272 g/mol. The Labute approximate surface area is 111 Å². The standard InChI is InChI=1S/C12H17ClN2O3/c1-8-3-4-10(18-8)12(16)11-9(13)7-14-15(11)5-6-17-2/h7-8,10H,3-6H2,1-2H3. The van der Waals surface area contributed by atoms with Gasteiger partial charge in [-0.25, -0.2) is 0 Å². The van der Waals surface area contributed by atoms with Crippen LogP contribution in [-0.2, 0) is 16.0 Å². The Morgan fingerprint density at radius 1 is 1.67 bits per heavy atom. The lowest BCUT2D eigenvalue weighted by Crippen LogP contribution is -2.25. The third-order valence-electron chi connectivity index (χ3n) is 3.06. The second-order valence-corrected chi connectivity index (χ2v) is 4.84. The summed E-state index contributed by atoms with van der Waals surface area (Å²) in [5.74, 6) is -0.0852. The molecule has 2 heterocycles. The maximum absolute atomic E-state index is 12.3. The molecule has 0 amide bonds. The van der Waals surface area contributed by atoms with E-state index in [4.69, 9.17) is 21.1 Å². The Bertz CT molecular complexity index is 433. The van der Waals surface area contributed by atoms with Crippen LogP contribution in [0, 0.1) is 0 Å². The Kier molecular flexibility index (Phi) is 4.37. The summed E-state index contributed by atoms with van der Waals surface area (Å²) in [6, 6.07) is 0. The molecular weight excluding hydrogens is 256 g/mol. The fourth-order valence-corrected chi connectivity index (χ4v) is 2.34. The van der Waals surface area contributed by atoms with E-state index in [-0.39, 0.29) is 11.9 Å². The van der Waals surface area contributed by atoms with Gasteiger partial charge in [-0.3, -0.25) is 9.48 Å². The number of aromatic nitrogens is 2. The van der Waals surface area contributed by atoms with Gasteiger partial charge in [0, 0.05) is 7.11 Å². The smallest absolute Gasteiger partial charge is 0.211 e. The summed E-state index contributed by atoms with van der Waals surface area (Å²) < 4.78 is 12.2. The zero-order valence-corrected chi connectivity index (χ0v) is 11.3. The first-order chi connectivity index (χ1) is 8.63. The molecule has 1 fully saturated rings. The summed E-state index contributed by atoms with van der Waals surface area (Å²) >= 11 is 6.03. The molecule has 0 aliphatic carbocycles. The maximum atomic E-state index is 12.3. The number of halogens is 1. The van der Waals surface area contributed by atoms with Crippen molar-refractivity contribution in [2.75, 3.05) is 13.7 Å². The van der Waals surface area contributed by atoms with E-state index in [9.17, 15) is 4.79 Å². The van der Waals surface area contributed by atoms with Gasteiger partial charge in [-0.1, -0.05) is 11.6 Å². The van der Waals surface area contributed by atoms with Gasteiger partial charge in [0.1, 0.15) is 11.8 Å². The maximum Gasteiger partial charge on any atom is 0.211 e. The van der Waals surface area contributed by atoms with Crippen LogP contribution in [-0.4, -0.2) is 41.5 Å². The first-order valence-electron chi connectivity index (χ1n) is 6.03. The third kappa shape index (κ3) is 2.74. The Morgan fingerprint density at radius 3 is 3.06 bits per heavy atom. The van der Waals surface area contributed by atoms with Crippen molar-refractivity contribution in [3.63, 3.8) is 0 Å². The van der Waals surface area contributed by atoms with Crippen molar-refractivity contribution >= 4 is 17.4 Å². The van der Waals surface area contributed by atoms with Gasteiger partial charge in [-0.15, -0.1) is 0 Å². The van der Waals surface area contributed by atoms with Gasteiger partial charge in [0.25, 0.3) is 0 Å². The van der Waals surface area contributed by atoms with Crippen LogP contribution in [0.5, 0.6) is 0 Å². The highest BCUT2D eigenvalue weighted by molar-refractivity contribution is 6.33. The number of nitrogens with zero attached hydrogens (tertiary/aromatic N) is 2. The van der Waals surface area contributed by atoms with Crippen LogP contribution in [0.4, 0.5) is 0 Å². The number of carbonyl (C=O) groups is 1. The molecule has 2 unspecified atom stereocenters. The topological polar surface area (TPSA) is 53.4 Å². The molecule has 0 spiro atoms. The molecule has 5 nitrogen and oxygen atoms in total. The number of ketones is 1. The van der Waals surface area contributed by atoms with Crippen molar-refractivity contribution in [2.45, 2.75) is 38.5 Å². The van der Waals surface area contributed by atoms with Gasteiger partial charge < -0.3 is 9.47 Å². The van der Waals surface area contributed by atoms with Crippen LogP contribution in [0.15, 0.2) is 6.20 Å². The number of ether oxygens (including phenoxy) is 2. The van der Waals surface area contributed by atoms with Crippen molar-refractivity contribution in [1.82, 2.24) is 9.78 Å². The zero-order chi connectivity index (χ0) is 13.1. The van der Waals surface area contributed by atoms with Gasteiger partial charge in [-0.2, -0.15) is 5.10 Å². The number of hydrogen-bond acceptors (Lipinski definition) is 4. The van der Waals surface area contributed by atoms with E-state index < -0.39 is 6.10 Å². The normalized spacial score (nSPS) is 23.5. The number of Topliss-reactive ketones (excluding diaryl/α,β-unsaturated/α-hetero) is 1. The molecule has 1 saturated heterocycles. The third-order valence-corrected chi connectivity index (χ3v) is 3.34. The highest BCUT2D eigenvalue weighted by Gasteiger charge is 2.32. The molecule has 18 heavy (non-hydrogen) atoms. The Hall–Kier alpha value is -0.910. The lowest BCUT2D eigenvalue weighted by Gasteiger charge is -2.12. The summed E-state index contributed by atoms with van der Waals surface area (Å²) in [7, 11) is 1.61. The first-order valence-corrected chi connectivity index (χ1v) is 6.41. The Balaban J connectivity index is 2.16. The average Bonchev–Trinajstić information content (AvgIpc) is 2.92. The van der Waals surface area contributed by atoms with Crippen LogP contribution in [0.2, 0.25) is 5.02 Å². The van der Waals surface area contributed by atoms with Crippen molar-refractivity contribution in [3.05, 3.63) is 16.9 Å². The molecule has 2 rings (SSSR count). The molecule has 1 aliphatic rings. The van der Waals surface area contributed by atoms with Gasteiger partial charge in [0.15, 0.2) is 0 Å². The summed E-state index contributed by atoms with van der Waals surface area (Å²) in [4.78, 5) is 12.3. The average molecular weight is 273 g/mol. The molecule has 0 N–H and O–H groups in total. The molecule has 2 atom stereocenters. The van der Waals surface area contributed by atoms with E-state index in [1.807, 2.05) is 6.92 Å². The molecule has 0 aromatic carbocycles. The van der Waals surface area contributed by atoms with Gasteiger partial charge >= 0.3 is 0 Å². The van der Waals surface area contributed by atoms with Crippen LogP contribution in [0.1, 0.15) is 30.3 Å². The van der Waals surface area contributed by atoms with Gasteiger partial charge in [-0.05, 0) is 19.8 Å². The molecule has 6 heteroatoms. The van der Waals surface area contributed by atoms with Crippen molar-refractivity contribution in [1.29, 1.82) is 0 Å². The fourth-order valence-electron chi connectivity index (χ4n) is 2.10. The molecule has 0 radical (unpaired) electrons. The van der Waals surface area contributed by atoms with Crippen molar-refractivity contribution in [2.24, 2.45) is 0 Å². The fraction of sp³-hybridized carbons (Fsp3) is 0.667. The first kappa shape index (κ1) is 13.5. The number of hydrogen-bond donors (Lipinski definition) is 0. The number of methoxy groups -OCH3 is 1. The minimum atomic E-state index is -0.393. The van der Waals surface area contributed by atoms with Crippen LogP contribution in [0.3, 0.4) is 0 Å². The number of carbonyl (C=O) groups excluding carboxylic acids is 1. The van der Waals surface area contributed by atoms with Crippen molar-refractivity contribution < 1.29 is 14.3 Å². The highest BCUT2D eigenvalue weighted by atomic mass is 35.5. The summed E-state index contributed by atoms with van der Waals surface area (Å²) in [6.07, 6.45) is 2.87. The van der Waals surface area contributed by atoms with E-state index in [0.29, 0.717) is 23.9 Å². The molecule has 100 valence electrons. The zero-order valence-electron chi connectivity index (χ0n) is 10.6. The summed E-state index contributed by atoms with van der Waals surface area (Å²) in [5, 5.41) is 4.47. The minimum absolute atomic E-state index is 0.0852. The van der Waals surface area contributed by atoms with Crippen molar-refractivity contribution in [3.8, 4) is 0 Å². The second kappa shape index (κ2) is 5.82. The van der Waals surface area contributed by atoms with Crippen LogP contribution >= 0.6 is 11.6 Å². The van der Waals surface area contributed by atoms with Gasteiger partial charge in [0.05, 0.1) is 30.5 Å².